The second kappa shape index (κ2) is 4.78. The van der Waals surface area contributed by atoms with E-state index in [0.29, 0.717) is 21.3 Å². The molecule has 0 radical (unpaired) electrons. The van der Waals surface area contributed by atoms with Crippen molar-refractivity contribution in [3.63, 3.8) is 0 Å². The first-order valence-corrected chi connectivity index (χ1v) is 11.0. The van der Waals surface area contributed by atoms with Gasteiger partial charge in [0.05, 0.1) is 17.0 Å². The maximum atomic E-state index is 6.52. The van der Waals surface area contributed by atoms with Crippen LogP contribution in [-0.2, 0) is 4.74 Å². The number of alkyl halides is 1. The predicted molar refractivity (Wildman–Crippen MR) is 97.7 cm³/mol. The van der Waals surface area contributed by atoms with Gasteiger partial charge < -0.3 is 4.74 Å². The number of hydrogen-bond acceptors (Lipinski definition) is 1. The van der Waals surface area contributed by atoms with E-state index in [9.17, 15) is 0 Å². The van der Waals surface area contributed by atoms with Gasteiger partial charge in [0.25, 0.3) is 0 Å². The zero-order valence-electron chi connectivity index (χ0n) is 15.1. The zero-order valence-corrected chi connectivity index (χ0v) is 16.7. The van der Waals surface area contributed by atoms with Gasteiger partial charge in [0, 0.05) is 5.41 Å². The lowest BCUT2D eigenvalue weighted by Gasteiger charge is -2.62. The van der Waals surface area contributed by atoms with E-state index in [1.165, 1.54) is 51.4 Å². The molecule has 1 saturated heterocycles. The second-order valence-electron chi connectivity index (χ2n) is 10.3. The Morgan fingerprint density at radius 2 is 1.83 bits per heavy atom. The minimum absolute atomic E-state index is 0.302. The fraction of sp³-hybridized carbons (Fsp3) is 1.00. The van der Waals surface area contributed by atoms with Crippen LogP contribution in [0.2, 0.25) is 0 Å². The molecule has 0 aromatic carbocycles. The van der Waals surface area contributed by atoms with Crippen LogP contribution < -0.4 is 0 Å². The van der Waals surface area contributed by atoms with Crippen LogP contribution >= 0.6 is 15.9 Å². The van der Waals surface area contributed by atoms with E-state index in [2.05, 4.69) is 36.7 Å². The monoisotopic (exact) mass is 380 g/mol. The fourth-order valence-corrected chi connectivity index (χ4v) is 9.70. The predicted octanol–water partition coefficient (Wildman–Crippen LogP) is 5.81. The average molecular weight is 381 g/mol. The maximum absolute atomic E-state index is 6.52. The molecule has 130 valence electrons. The van der Waals surface area contributed by atoms with E-state index in [-0.39, 0.29) is 0 Å². The molecule has 0 spiro atoms. The molecular weight excluding hydrogens is 348 g/mol. The summed E-state index contributed by atoms with van der Waals surface area (Å²) >= 11 is 4.33. The van der Waals surface area contributed by atoms with Crippen molar-refractivity contribution >= 4 is 15.9 Å². The van der Waals surface area contributed by atoms with Crippen molar-refractivity contribution in [2.45, 2.75) is 82.6 Å². The third-order valence-corrected chi connectivity index (χ3v) is 11.3. The Morgan fingerprint density at radius 1 is 1.00 bits per heavy atom. The van der Waals surface area contributed by atoms with Crippen LogP contribution in [0.15, 0.2) is 0 Å². The van der Waals surface area contributed by atoms with Gasteiger partial charge in [-0.15, -0.1) is 0 Å². The summed E-state index contributed by atoms with van der Waals surface area (Å²) in [7, 11) is 0. The smallest absolute Gasteiger partial charge is 0.0737 e. The molecule has 0 aromatic heterocycles. The third kappa shape index (κ3) is 1.74. The molecule has 1 heterocycles. The summed E-state index contributed by atoms with van der Waals surface area (Å²) in [5.74, 6) is 4.66. The quantitative estimate of drug-likeness (QED) is 0.481. The Hall–Kier alpha value is 0.440. The van der Waals surface area contributed by atoms with E-state index in [4.69, 9.17) is 4.74 Å². The van der Waals surface area contributed by atoms with Crippen molar-refractivity contribution in [1.29, 1.82) is 0 Å². The Kier molecular flexibility index (Phi) is 3.26. The Morgan fingerprint density at radius 3 is 2.65 bits per heavy atom. The SMILES string of the molecule is C[C@H]1CC[C@]23CO[C@H](CC4C2CC[C@@]2(C)C4CC[C@@H]2C)[C@@]3(Br)C1. The summed E-state index contributed by atoms with van der Waals surface area (Å²) in [5, 5.41) is 0. The Balaban J connectivity index is 1.55. The van der Waals surface area contributed by atoms with Crippen LogP contribution in [-0.4, -0.2) is 17.0 Å². The highest BCUT2D eigenvalue weighted by Crippen LogP contribution is 2.73. The first-order valence-electron chi connectivity index (χ1n) is 10.2. The molecule has 1 aliphatic heterocycles. The number of hydrogen-bond donors (Lipinski definition) is 0. The van der Waals surface area contributed by atoms with Crippen LogP contribution in [0.4, 0.5) is 0 Å². The highest BCUT2D eigenvalue weighted by molar-refractivity contribution is 9.10. The molecular formula is C21H33BrO. The molecule has 9 atom stereocenters. The standard InChI is InChI=1S/C21H33BrO/c1-13-6-9-20-12-23-18(21(20,22)11-13)10-15-16-5-4-14(2)19(16,3)8-7-17(15)20/h13-18H,4-12H2,1-3H3/t13-,14-,15?,16?,17?,18+,19+,20-,21-/m0/s1. The molecule has 4 aliphatic carbocycles. The van der Waals surface area contributed by atoms with Crippen LogP contribution in [0.5, 0.6) is 0 Å². The summed E-state index contributed by atoms with van der Waals surface area (Å²) < 4.78 is 6.82. The van der Waals surface area contributed by atoms with Crippen LogP contribution in [0, 0.1) is 40.4 Å². The largest absolute Gasteiger partial charge is 0.376 e. The van der Waals surface area contributed by atoms with Gasteiger partial charge in [-0.3, -0.25) is 0 Å². The lowest BCUT2D eigenvalue weighted by molar-refractivity contribution is -0.0911. The number of rotatable bonds is 0. The Labute approximate surface area is 150 Å². The normalized spacial score (nSPS) is 64.2. The molecule has 3 unspecified atom stereocenters. The molecule has 5 rings (SSSR count). The first-order chi connectivity index (χ1) is 10.9. The fourth-order valence-electron chi connectivity index (χ4n) is 8.22. The summed E-state index contributed by atoms with van der Waals surface area (Å²) in [5.41, 5.74) is 1.09. The summed E-state index contributed by atoms with van der Waals surface area (Å²) in [6.07, 6.45) is 11.9. The molecule has 0 N–H and O–H groups in total. The minimum atomic E-state index is 0.302. The van der Waals surface area contributed by atoms with E-state index >= 15 is 0 Å². The Bertz CT molecular complexity index is 520. The van der Waals surface area contributed by atoms with Gasteiger partial charge in [0.15, 0.2) is 0 Å². The topological polar surface area (TPSA) is 9.23 Å². The molecule has 0 amide bonds. The second-order valence-corrected chi connectivity index (χ2v) is 11.7. The molecule has 2 heteroatoms. The molecule has 2 bridgehead atoms. The lowest BCUT2D eigenvalue weighted by atomic mass is 9.44. The zero-order chi connectivity index (χ0) is 16.0. The lowest BCUT2D eigenvalue weighted by Crippen LogP contribution is -2.62. The number of fused-ring (bicyclic) bond motifs is 3. The van der Waals surface area contributed by atoms with Gasteiger partial charge in [0.1, 0.15) is 0 Å². The summed E-state index contributed by atoms with van der Waals surface area (Å²) in [6, 6.07) is 0. The third-order valence-electron chi connectivity index (χ3n) is 9.72. The first kappa shape index (κ1) is 15.7. The van der Waals surface area contributed by atoms with Crippen LogP contribution in [0.3, 0.4) is 0 Å². The highest BCUT2D eigenvalue weighted by atomic mass is 79.9. The van der Waals surface area contributed by atoms with Gasteiger partial charge in [-0.05, 0) is 86.4 Å². The van der Waals surface area contributed by atoms with Crippen molar-refractivity contribution < 1.29 is 4.74 Å². The molecule has 5 aliphatic rings. The molecule has 5 fully saturated rings. The van der Waals surface area contributed by atoms with Crippen LogP contribution in [0.1, 0.15) is 72.1 Å². The number of halogens is 1. The molecule has 1 nitrogen and oxygen atoms in total. The number of ether oxygens (including phenoxy) is 1. The van der Waals surface area contributed by atoms with Crippen molar-refractivity contribution in [2.24, 2.45) is 40.4 Å². The van der Waals surface area contributed by atoms with Crippen molar-refractivity contribution in [3.05, 3.63) is 0 Å². The van der Waals surface area contributed by atoms with Crippen molar-refractivity contribution in [2.75, 3.05) is 6.61 Å². The van der Waals surface area contributed by atoms with Gasteiger partial charge >= 0.3 is 0 Å². The molecule has 23 heavy (non-hydrogen) atoms. The minimum Gasteiger partial charge on any atom is -0.376 e. The molecule has 0 aromatic rings. The maximum Gasteiger partial charge on any atom is 0.0737 e. The summed E-state index contributed by atoms with van der Waals surface area (Å²) in [4.78, 5) is 0. The average Bonchev–Trinajstić information content (AvgIpc) is 2.88. The van der Waals surface area contributed by atoms with E-state index < -0.39 is 0 Å². The molecule has 4 saturated carbocycles. The van der Waals surface area contributed by atoms with Crippen molar-refractivity contribution in [1.82, 2.24) is 0 Å². The van der Waals surface area contributed by atoms with Crippen LogP contribution in [0.25, 0.3) is 0 Å². The van der Waals surface area contributed by atoms with Gasteiger partial charge in [0.2, 0.25) is 0 Å². The summed E-state index contributed by atoms with van der Waals surface area (Å²) in [6.45, 7) is 8.67. The van der Waals surface area contributed by atoms with E-state index in [0.717, 1.165) is 36.2 Å². The van der Waals surface area contributed by atoms with Gasteiger partial charge in [-0.1, -0.05) is 36.7 Å². The van der Waals surface area contributed by atoms with Crippen molar-refractivity contribution in [3.8, 4) is 0 Å². The van der Waals surface area contributed by atoms with E-state index in [1.807, 2.05) is 0 Å². The van der Waals surface area contributed by atoms with Gasteiger partial charge in [-0.25, -0.2) is 0 Å². The van der Waals surface area contributed by atoms with Gasteiger partial charge in [-0.2, -0.15) is 0 Å². The van der Waals surface area contributed by atoms with E-state index in [1.54, 1.807) is 0 Å². The highest BCUT2D eigenvalue weighted by Gasteiger charge is 2.71.